The summed E-state index contributed by atoms with van der Waals surface area (Å²) in [6, 6.07) is 16.6. The quantitative estimate of drug-likeness (QED) is 0.576. The van der Waals surface area contributed by atoms with Crippen LogP contribution in [0, 0.1) is 11.6 Å². The highest BCUT2D eigenvalue weighted by atomic mass is 19.1. The molecule has 0 spiro atoms. The molecule has 3 nitrogen and oxygen atoms in total. The summed E-state index contributed by atoms with van der Waals surface area (Å²) in [7, 11) is 0. The van der Waals surface area contributed by atoms with Crippen molar-refractivity contribution in [2.24, 2.45) is 0 Å². The summed E-state index contributed by atoms with van der Waals surface area (Å²) in [6.07, 6.45) is 0. The minimum absolute atomic E-state index is 0.0302. The van der Waals surface area contributed by atoms with Gasteiger partial charge >= 0.3 is 0 Å². The SMILES string of the molecule is OCc1c(-c2ccc3ccccc3c2)noc1-c1cc(F)ccc1F. The molecule has 1 aromatic heterocycles. The van der Waals surface area contributed by atoms with Gasteiger partial charge in [0.05, 0.1) is 17.7 Å². The average molecular weight is 337 g/mol. The molecule has 0 atom stereocenters. The smallest absolute Gasteiger partial charge is 0.176 e. The first-order valence-corrected chi connectivity index (χ1v) is 7.71. The fourth-order valence-electron chi connectivity index (χ4n) is 2.90. The lowest BCUT2D eigenvalue weighted by Crippen LogP contribution is -1.92. The van der Waals surface area contributed by atoms with E-state index < -0.39 is 18.2 Å². The summed E-state index contributed by atoms with van der Waals surface area (Å²) in [6.45, 7) is -0.406. The molecule has 3 aromatic carbocycles. The number of hydrogen-bond donors (Lipinski definition) is 1. The van der Waals surface area contributed by atoms with Gasteiger partial charge in [-0.2, -0.15) is 0 Å². The first-order chi connectivity index (χ1) is 12.2. The Morgan fingerprint density at radius 2 is 1.72 bits per heavy atom. The second kappa shape index (κ2) is 6.11. The standard InChI is InChI=1S/C20H13F2NO2/c21-15-7-8-18(22)16(10-15)20-17(11-24)19(23-25-20)14-6-5-12-3-1-2-4-13(12)9-14/h1-10,24H,11H2. The van der Waals surface area contributed by atoms with E-state index in [-0.39, 0.29) is 11.3 Å². The number of aliphatic hydroxyl groups is 1. The molecule has 1 heterocycles. The highest BCUT2D eigenvalue weighted by Gasteiger charge is 2.21. The molecule has 0 aliphatic heterocycles. The Kier molecular flexibility index (Phi) is 3.78. The number of halogens is 2. The molecule has 1 N–H and O–H groups in total. The number of aromatic nitrogens is 1. The Morgan fingerprint density at radius 1 is 0.920 bits per heavy atom. The molecular weight excluding hydrogens is 324 g/mol. The molecule has 0 saturated carbocycles. The van der Waals surface area contributed by atoms with E-state index >= 15 is 0 Å². The number of rotatable bonds is 3. The van der Waals surface area contributed by atoms with Gasteiger partial charge in [-0.3, -0.25) is 0 Å². The van der Waals surface area contributed by atoms with E-state index in [0.29, 0.717) is 11.3 Å². The average Bonchev–Trinajstić information content (AvgIpc) is 3.07. The highest BCUT2D eigenvalue weighted by Crippen LogP contribution is 2.35. The second-order valence-electron chi connectivity index (χ2n) is 5.68. The maximum absolute atomic E-state index is 14.1. The van der Waals surface area contributed by atoms with E-state index in [1.165, 1.54) is 0 Å². The van der Waals surface area contributed by atoms with Gasteiger partial charge in [0.2, 0.25) is 0 Å². The van der Waals surface area contributed by atoms with Crippen molar-refractivity contribution in [3.8, 4) is 22.6 Å². The van der Waals surface area contributed by atoms with Gasteiger partial charge in [-0.05, 0) is 35.0 Å². The van der Waals surface area contributed by atoms with Crippen molar-refractivity contribution >= 4 is 10.8 Å². The Morgan fingerprint density at radius 3 is 2.52 bits per heavy atom. The zero-order chi connectivity index (χ0) is 17.4. The molecule has 0 radical (unpaired) electrons. The lowest BCUT2D eigenvalue weighted by molar-refractivity contribution is 0.281. The molecule has 4 rings (SSSR count). The van der Waals surface area contributed by atoms with Gasteiger partial charge in [-0.15, -0.1) is 0 Å². The number of aliphatic hydroxyl groups excluding tert-OH is 1. The molecule has 25 heavy (non-hydrogen) atoms. The van der Waals surface area contributed by atoms with Gasteiger partial charge in [-0.1, -0.05) is 41.6 Å². The maximum atomic E-state index is 14.1. The van der Waals surface area contributed by atoms with E-state index in [1.807, 2.05) is 42.5 Å². The lowest BCUT2D eigenvalue weighted by atomic mass is 10.00. The van der Waals surface area contributed by atoms with E-state index in [1.54, 1.807) is 0 Å². The third kappa shape index (κ3) is 2.68. The molecule has 4 aromatic rings. The lowest BCUT2D eigenvalue weighted by Gasteiger charge is -2.04. The summed E-state index contributed by atoms with van der Waals surface area (Å²) < 4.78 is 32.8. The van der Waals surface area contributed by atoms with E-state index in [0.717, 1.165) is 34.5 Å². The monoisotopic (exact) mass is 337 g/mol. The Hall–Kier alpha value is -3.05. The Labute approximate surface area is 142 Å². The second-order valence-corrected chi connectivity index (χ2v) is 5.68. The third-order valence-corrected chi connectivity index (χ3v) is 4.14. The number of hydrogen-bond acceptors (Lipinski definition) is 3. The van der Waals surface area contributed by atoms with Crippen LogP contribution in [0.25, 0.3) is 33.4 Å². The van der Waals surface area contributed by atoms with Gasteiger partial charge in [0, 0.05) is 5.56 Å². The van der Waals surface area contributed by atoms with Gasteiger partial charge in [-0.25, -0.2) is 8.78 Å². The zero-order valence-electron chi connectivity index (χ0n) is 13.0. The molecule has 0 fully saturated rings. The van der Waals surface area contributed by atoms with E-state index in [9.17, 15) is 13.9 Å². The van der Waals surface area contributed by atoms with Crippen LogP contribution in [-0.2, 0) is 6.61 Å². The van der Waals surface area contributed by atoms with Gasteiger partial charge in [0.25, 0.3) is 0 Å². The molecule has 0 bridgehead atoms. The zero-order valence-corrected chi connectivity index (χ0v) is 13.0. The van der Waals surface area contributed by atoms with Gasteiger partial charge in [0.15, 0.2) is 5.76 Å². The first kappa shape index (κ1) is 15.5. The fourth-order valence-corrected chi connectivity index (χ4v) is 2.90. The molecule has 0 saturated heterocycles. The number of benzene rings is 3. The molecular formula is C20H13F2NO2. The minimum Gasteiger partial charge on any atom is -0.391 e. The first-order valence-electron chi connectivity index (χ1n) is 7.71. The van der Waals surface area contributed by atoms with Gasteiger partial charge < -0.3 is 9.63 Å². The molecule has 0 amide bonds. The number of nitrogens with zero attached hydrogens (tertiary/aromatic N) is 1. The molecule has 124 valence electrons. The summed E-state index contributed by atoms with van der Waals surface area (Å²) in [5.74, 6) is -1.20. The van der Waals surface area contributed by atoms with Crippen molar-refractivity contribution in [2.75, 3.05) is 0 Å². The third-order valence-electron chi connectivity index (χ3n) is 4.14. The van der Waals surface area contributed by atoms with Crippen molar-refractivity contribution in [1.29, 1.82) is 0 Å². The Balaban J connectivity index is 1.88. The van der Waals surface area contributed by atoms with Crippen LogP contribution in [0.5, 0.6) is 0 Å². The normalized spacial score (nSPS) is 11.2. The Bertz CT molecular complexity index is 1070. The molecule has 0 aliphatic carbocycles. The van der Waals surface area contributed by atoms with Crippen molar-refractivity contribution in [3.63, 3.8) is 0 Å². The number of fused-ring (bicyclic) bond motifs is 1. The van der Waals surface area contributed by atoms with E-state index in [2.05, 4.69) is 5.16 Å². The van der Waals surface area contributed by atoms with Crippen LogP contribution >= 0.6 is 0 Å². The van der Waals surface area contributed by atoms with Crippen LogP contribution in [0.2, 0.25) is 0 Å². The van der Waals surface area contributed by atoms with Crippen molar-refractivity contribution < 1.29 is 18.4 Å². The maximum Gasteiger partial charge on any atom is 0.176 e. The minimum atomic E-state index is -0.641. The van der Waals surface area contributed by atoms with Crippen LogP contribution in [0.4, 0.5) is 8.78 Å². The summed E-state index contributed by atoms with van der Waals surface area (Å²) in [4.78, 5) is 0. The predicted molar refractivity (Wildman–Crippen MR) is 90.7 cm³/mol. The summed E-state index contributed by atoms with van der Waals surface area (Å²) in [5.41, 5.74) is 1.39. The van der Waals surface area contributed by atoms with Crippen LogP contribution < -0.4 is 0 Å². The van der Waals surface area contributed by atoms with Crippen LogP contribution in [0.3, 0.4) is 0 Å². The van der Waals surface area contributed by atoms with Crippen molar-refractivity contribution in [1.82, 2.24) is 5.16 Å². The fraction of sp³-hybridized carbons (Fsp3) is 0.0500. The van der Waals surface area contributed by atoms with Crippen LogP contribution in [0.1, 0.15) is 5.56 Å². The summed E-state index contributed by atoms with van der Waals surface area (Å²) >= 11 is 0. The predicted octanol–water partition coefficient (Wildman–Crippen LogP) is 4.93. The topological polar surface area (TPSA) is 46.3 Å². The molecule has 0 unspecified atom stereocenters. The summed E-state index contributed by atoms with van der Waals surface area (Å²) in [5, 5.41) is 15.8. The van der Waals surface area contributed by atoms with Gasteiger partial charge in [0.1, 0.15) is 17.3 Å². The molecule has 0 aliphatic rings. The van der Waals surface area contributed by atoms with Crippen molar-refractivity contribution in [3.05, 3.63) is 77.9 Å². The molecule has 5 heteroatoms. The van der Waals surface area contributed by atoms with E-state index in [4.69, 9.17) is 4.52 Å². The van der Waals surface area contributed by atoms with Crippen molar-refractivity contribution in [2.45, 2.75) is 6.61 Å². The van der Waals surface area contributed by atoms with Crippen LogP contribution in [-0.4, -0.2) is 10.3 Å². The largest absolute Gasteiger partial charge is 0.391 e. The highest BCUT2D eigenvalue weighted by molar-refractivity contribution is 5.87. The van der Waals surface area contributed by atoms with Crippen LogP contribution in [0.15, 0.2) is 65.2 Å².